The first-order valence-corrected chi connectivity index (χ1v) is 8.59. The number of halogens is 1. The normalized spacial score (nSPS) is 23.3. The molecule has 122 valence electrons. The first kappa shape index (κ1) is 16.0. The molecule has 1 saturated heterocycles. The van der Waals surface area contributed by atoms with Crippen LogP contribution >= 0.6 is 11.8 Å². The molecule has 0 radical (unpaired) electrons. The summed E-state index contributed by atoms with van der Waals surface area (Å²) in [6.45, 7) is 0. The largest absolute Gasteiger partial charge is 0.326 e. The third-order valence-electron chi connectivity index (χ3n) is 3.90. The summed E-state index contributed by atoms with van der Waals surface area (Å²) in [5.74, 6) is -0.811. The van der Waals surface area contributed by atoms with Crippen LogP contribution in [0.15, 0.2) is 29.3 Å². The van der Waals surface area contributed by atoms with Gasteiger partial charge in [-0.3, -0.25) is 14.6 Å². The lowest BCUT2D eigenvalue weighted by molar-refractivity contribution is -0.122. The molecular weight excluding hydrogens is 317 g/mol. The highest BCUT2D eigenvalue weighted by Crippen LogP contribution is 2.27. The van der Waals surface area contributed by atoms with Gasteiger partial charge in [0.25, 0.3) is 0 Å². The summed E-state index contributed by atoms with van der Waals surface area (Å²) in [5, 5.41) is 5.58. The predicted molar refractivity (Wildman–Crippen MR) is 88.9 cm³/mol. The van der Waals surface area contributed by atoms with E-state index in [4.69, 9.17) is 0 Å². The molecule has 7 heteroatoms. The van der Waals surface area contributed by atoms with Gasteiger partial charge in [-0.1, -0.05) is 24.6 Å². The standard InChI is InChI=1S/C16H18FN3O2S/c17-10-5-7-12(8-6-10)18-14(21)9-13-15(22)20-16(23-13)19-11-3-1-2-4-11/h5-8,11,13H,1-4,9H2,(H,18,21)(H,19,20,22). The maximum Gasteiger partial charge on any atom is 0.240 e. The van der Waals surface area contributed by atoms with E-state index in [0.717, 1.165) is 12.8 Å². The van der Waals surface area contributed by atoms with Crippen molar-refractivity contribution in [3.05, 3.63) is 30.1 Å². The van der Waals surface area contributed by atoms with E-state index in [1.54, 1.807) is 0 Å². The van der Waals surface area contributed by atoms with Crippen LogP contribution in [-0.4, -0.2) is 28.3 Å². The third-order valence-corrected chi connectivity index (χ3v) is 5.00. The van der Waals surface area contributed by atoms with Gasteiger partial charge in [0, 0.05) is 12.1 Å². The van der Waals surface area contributed by atoms with Crippen LogP contribution in [-0.2, 0) is 9.59 Å². The molecule has 0 spiro atoms. The van der Waals surface area contributed by atoms with Crippen molar-refractivity contribution in [2.45, 2.75) is 43.4 Å². The van der Waals surface area contributed by atoms with Crippen LogP contribution in [0.4, 0.5) is 10.1 Å². The van der Waals surface area contributed by atoms with Crippen molar-refractivity contribution in [1.29, 1.82) is 0 Å². The Hall–Kier alpha value is -1.89. The Morgan fingerprint density at radius 3 is 2.70 bits per heavy atom. The summed E-state index contributed by atoms with van der Waals surface area (Å²) >= 11 is 1.32. The van der Waals surface area contributed by atoms with Crippen molar-refractivity contribution in [2.24, 2.45) is 4.99 Å². The van der Waals surface area contributed by atoms with Gasteiger partial charge >= 0.3 is 0 Å². The molecule has 1 atom stereocenters. The van der Waals surface area contributed by atoms with Crippen molar-refractivity contribution >= 4 is 34.4 Å². The first-order chi connectivity index (χ1) is 11.1. The topological polar surface area (TPSA) is 70.6 Å². The van der Waals surface area contributed by atoms with Crippen LogP contribution in [0.2, 0.25) is 0 Å². The SMILES string of the molecule is O=C(CC1SC(=NC2CCCC2)NC1=O)Nc1ccc(F)cc1. The molecule has 0 aromatic heterocycles. The summed E-state index contributed by atoms with van der Waals surface area (Å²) in [7, 11) is 0. The molecule has 0 bridgehead atoms. The average molecular weight is 335 g/mol. The zero-order valence-electron chi connectivity index (χ0n) is 12.5. The predicted octanol–water partition coefficient (Wildman–Crippen LogP) is 2.68. The molecule has 2 amide bonds. The Morgan fingerprint density at radius 2 is 2.00 bits per heavy atom. The van der Waals surface area contributed by atoms with Crippen molar-refractivity contribution in [1.82, 2.24) is 5.32 Å². The van der Waals surface area contributed by atoms with Gasteiger partial charge in [0.1, 0.15) is 11.1 Å². The number of benzene rings is 1. The fraction of sp³-hybridized carbons (Fsp3) is 0.438. The lowest BCUT2D eigenvalue weighted by atomic mass is 10.2. The number of rotatable bonds is 4. The Labute approximate surface area is 138 Å². The molecular formula is C16H18FN3O2S. The lowest BCUT2D eigenvalue weighted by Crippen LogP contribution is -2.28. The van der Waals surface area contributed by atoms with Gasteiger partial charge < -0.3 is 10.6 Å². The molecule has 1 aromatic carbocycles. The van der Waals surface area contributed by atoms with Gasteiger partial charge in [0.2, 0.25) is 11.8 Å². The van der Waals surface area contributed by atoms with Gasteiger partial charge in [0.05, 0.1) is 6.04 Å². The van der Waals surface area contributed by atoms with Gasteiger partial charge in [-0.05, 0) is 37.1 Å². The van der Waals surface area contributed by atoms with E-state index in [1.165, 1.54) is 48.9 Å². The smallest absolute Gasteiger partial charge is 0.240 e. The van der Waals surface area contributed by atoms with E-state index < -0.39 is 5.25 Å². The number of hydrogen-bond acceptors (Lipinski definition) is 4. The zero-order valence-corrected chi connectivity index (χ0v) is 13.4. The van der Waals surface area contributed by atoms with E-state index in [0.29, 0.717) is 16.9 Å². The number of aliphatic imine (C=N–C) groups is 1. The second-order valence-corrected chi connectivity index (χ2v) is 6.92. The van der Waals surface area contributed by atoms with E-state index in [9.17, 15) is 14.0 Å². The minimum absolute atomic E-state index is 0.0670. The number of carbonyl (C=O) groups excluding carboxylic acids is 2. The number of amidine groups is 1. The van der Waals surface area contributed by atoms with Gasteiger partial charge in [-0.25, -0.2) is 4.39 Å². The van der Waals surface area contributed by atoms with E-state index in [-0.39, 0.29) is 24.1 Å². The van der Waals surface area contributed by atoms with Crippen LogP contribution in [0.1, 0.15) is 32.1 Å². The monoisotopic (exact) mass is 335 g/mol. The fourth-order valence-corrected chi connectivity index (χ4v) is 3.75. The fourth-order valence-electron chi connectivity index (χ4n) is 2.71. The van der Waals surface area contributed by atoms with Crippen LogP contribution in [0.3, 0.4) is 0 Å². The molecule has 2 aliphatic rings. The highest BCUT2D eigenvalue weighted by molar-refractivity contribution is 8.15. The number of nitrogens with one attached hydrogen (secondary N) is 2. The highest BCUT2D eigenvalue weighted by atomic mass is 32.2. The number of anilines is 1. The van der Waals surface area contributed by atoms with Crippen LogP contribution in [0, 0.1) is 5.82 Å². The first-order valence-electron chi connectivity index (χ1n) is 7.71. The Bertz CT molecular complexity index is 627. The second-order valence-electron chi connectivity index (χ2n) is 5.73. The molecule has 1 saturated carbocycles. The minimum Gasteiger partial charge on any atom is -0.326 e. The Balaban J connectivity index is 1.54. The molecule has 1 unspecified atom stereocenters. The molecule has 2 N–H and O–H groups in total. The summed E-state index contributed by atoms with van der Waals surface area (Å²) < 4.78 is 12.8. The van der Waals surface area contributed by atoms with Crippen molar-refractivity contribution in [2.75, 3.05) is 5.32 Å². The molecule has 1 heterocycles. The van der Waals surface area contributed by atoms with E-state index in [2.05, 4.69) is 15.6 Å². The Kier molecular flexibility index (Phi) is 4.95. The molecule has 23 heavy (non-hydrogen) atoms. The Morgan fingerprint density at radius 1 is 1.30 bits per heavy atom. The van der Waals surface area contributed by atoms with Gasteiger partial charge in [-0.15, -0.1) is 0 Å². The molecule has 2 fully saturated rings. The van der Waals surface area contributed by atoms with E-state index in [1.807, 2.05) is 0 Å². The summed E-state index contributed by atoms with van der Waals surface area (Å²) in [5.41, 5.74) is 0.514. The van der Waals surface area contributed by atoms with Crippen LogP contribution < -0.4 is 10.6 Å². The number of nitrogens with zero attached hydrogens (tertiary/aromatic N) is 1. The number of thioether (sulfide) groups is 1. The molecule has 1 aromatic rings. The molecule has 1 aliphatic heterocycles. The van der Waals surface area contributed by atoms with Crippen molar-refractivity contribution in [3.63, 3.8) is 0 Å². The maximum absolute atomic E-state index is 12.8. The van der Waals surface area contributed by atoms with Gasteiger partial charge in [-0.2, -0.15) is 0 Å². The van der Waals surface area contributed by atoms with Crippen molar-refractivity contribution < 1.29 is 14.0 Å². The quantitative estimate of drug-likeness (QED) is 0.889. The zero-order chi connectivity index (χ0) is 16.2. The second kappa shape index (κ2) is 7.12. The van der Waals surface area contributed by atoms with Crippen LogP contribution in [0.5, 0.6) is 0 Å². The summed E-state index contributed by atoms with van der Waals surface area (Å²) in [4.78, 5) is 28.5. The summed E-state index contributed by atoms with van der Waals surface area (Å²) in [6.07, 6.45) is 4.57. The maximum atomic E-state index is 12.8. The average Bonchev–Trinajstić information content (AvgIpc) is 3.12. The van der Waals surface area contributed by atoms with Crippen molar-refractivity contribution in [3.8, 4) is 0 Å². The molecule has 1 aliphatic carbocycles. The highest BCUT2D eigenvalue weighted by Gasteiger charge is 2.32. The summed E-state index contributed by atoms with van der Waals surface area (Å²) in [6, 6.07) is 5.83. The van der Waals surface area contributed by atoms with E-state index >= 15 is 0 Å². The van der Waals surface area contributed by atoms with Crippen LogP contribution in [0.25, 0.3) is 0 Å². The number of amides is 2. The lowest BCUT2D eigenvalue weighted by Gasteiger charge is -2.07. The number of carbonyl (C=O) groups is 2. The number of hydrogen-bond donors (Lipinski definition) is 2. The third kappa shape index (κ3) is 4.31. The molecule has 5 nitrogen and oxygen atoms in total. The molecule has 3 rings (SSSR count). The van der Waals surface area contributed by atoms with Gasteiger partial charge in [0.15, 0.2) is 5.17 Å². The minimum atomic E-state index is -0.462.